The van der Waals surface area contributed by atoms with Crippen molar-refractivity contribution in [3.63, 3.8) is 0 Å². The van der Waals surface area contributed by atoms with Crippen molar-refractivity contribution in [2.75, 3.05) is 11.5 Å². The molecule has 1 amide bonds. The normalized spacial score (nSPS) is 15.1. The summed E-state index contributed by atoms with van der Waals surface area (Å²) < 4.78 is 11.1. The lowest BCUT2D eigenvalue weighted by Crippen LogP contribution is -2.29. The van der Waals surface area contributed by atoms with Crippen LogP contribution in [0.15, 0.2) is 51.7 Å². The average Bonchev–Trinajstić information content (AvgIpc) is 3.33. The van der Waals surface area contributed by atoms with Crippen molar-refractivity contribution in [3.8, 4) is 0 Å². The predicted octanol–water partition coefficient (Wildman–Crippen LogP) is 5.10. The number of nitrogens with zero attached hydrogens (tertiary/aromatic N) is 2. The van der Waals surface area contributed by atoms with Crippen molar-refractivity contribution in [2.45, 2.75) is 33.7 Å². The Hall–Kier alpha value is -3.78. The van der Waals surface area contributed by atoms with Crippen LogP contribution in [0.3, 0.4) is 0 Å². The molecule has 0 saturated heterocycles. The van der Waals surface area contributed by atoms with Crippen LogP contribution in [0, 0.1) is 20.8 Å². The number of esters is 1. The number of thiazole rings is 1. The number of carbonyl (C=O) groups excluding carboxylic acids is 2. The molecule has 7 nitrogen and oxygen atoms in total. The minimum absolute atomic E-state index is 0.00235. The topological polar surface area (TPSA) is 89.7 Å². The van der Waals surface area contributed by atoms with Gasteiger partial charge in [0.15, 0.2) is 10.6 Å². The monoisotopic (exact) mass is 474 g/mol. The summed E-state index contributed by atoms with van der Waals surface area (Å²) in [6.07, 6.45) is 0. The summed E-state index contributed by atoms with van der Waals surface area (Å²) in [7, 11) is 0. The van der Waals surface area contributed by atoms with Gasteiger partial charge in [0.2, 0.25) is 5.76 Å². The first-order valence-electron chi connectivity index (χ1n) is 10.9. The highest BCUT2D eigenvalue weighted by atomic mass is 32.1. The second-order valence-corrected chi connectivity index (χ2v) is 9.27. The first-order valence-corrected chi connectivity index (χ1v) is 11.7. The second-order valence-electron chi connectivity index (χ2n) is 8.29. The molecular weight excluding hydrogens is 452 g/mol. The lowest BCUT2D eigenvalue weighted by Gasteiger charge is -2.22. The Kier molecular flexibility index (Phi) is 5.32. The molecular formula is C26H22N2O5S. The first kappa shape index (κ1) is 22.0. The number of anilines is 1. The molecule has 5 rings (SSSR count). The van der Waals surface area contributed by atoms with E-state index >= 15 is 0 Å². The highest BCUT2D eigenvalue weighted by Gasteiger charge is 2.45. The summed E-state index contributed by atoms with van der Waals surface area (Å²) in [4.78, 5) is 46.0. The summed E-state index contributed by atoms with van der Waals surface area (Å²) in [6.45, 7) is 7.52. The molecule has 1 aliphatic rings. The van der Waals surface area contributed by atoms with E-state index in [1.54, 1.807) is 26.0 Å². The standard InChI is InChI=1S/C26H22N2O5S/c1-5-32-25(31)23-15(4)27-26(34-23)28-20(16-9-6-13(2)7-10-16)19-21(29)17-12-14(3)8-11-18(17)33-22(19)24(28)30/h6-12,20H,5H2,1-4H3. The van der Waals surface area contributed by atoms with Crippen molar-refractivity contribution >= 4 is 39.3 Å². The number of ether oxygens (including phenoxy) is 1. The summed E-state index contributed by atoms with van der Waals surface area (Å²) >= 11 is 1.07. The quantitative estimate of drug-likeness (QED) is 0.382. The Bertz CT molecular complexity index is 1520. The molecule has 0 saturated carbocycles. The fourth-order valence-corrected chi connectivity index (χ4v) is 5.21. The van der Waals surface area contributed by atoms with E-state index in [2.05, 4.69) is 4.98 Å². The molecule has 1 aliphatic heterocycles. The maximum atomic E-state index is 13.7. The fraction of sp³-hybridized carbons (Fsp3) is 0.231. The van der Waals surface area contributed by atoms with Crippen LogP contribution in [0.5, 0.6) is 0 Å². The molecule has 0 spiro atoms. The van der Waals surface area contributed by atoms with Gasteiger partial charge in [-0.3, -0.25) is 14.5 Å². The molecule has 0 radical (unpaired) electrons. The van der Waals surface area contributed by atoms with Gasteiger partial charge in [0.1, 0.15) is 10.5 Å². The van der Waals surface area contributed by atoms with Gasteiger partial charge in [0.25, 0.3) is 5.91 Å². The van der Waals surface area contributed by atoms with Gasteiger partial charge in [-0.1, -0.05) is 52.8 Å². The van der Waals surface area contributed by atoms with Gasteiger partial charge in [0, 0.05) is 0 Å². The highest BCUT2D eigenvalue weighted by Crippen LogP contribution is 2.43. The largest absolute Gasteiger partial charge is 0.462 e. The third-order valence-corrected chi connectivity index (χ3v) is 7.01. The van der Waals surface area contributed by atoms with Crippen LogP contribution in [-0.4, -0.2) is 23.5 Å². The zero-order valence-corrected chi connectivity index (χ0v) is 20.0. The molecule has 2 aromatic carbocycles. The third kappa shape index (κ3) is 3.42. The van der Waals surface area contributed by atoms with E-state index in [0.29, 0.717) is 26.7 Å². The molecule has 1 atom stereocenters. The Balaban J connectivity index is 1.75. The summed E-state index contributed by atoms with van der Waals surface area (Å²) in [5.74, 6) is -0.961. The van der Waals surface area contributed by atoms with Gasteiger partial charge in [-0.05, 0) is 45.4 Å². The molecule has 2 aromatic heterocycles. The minimum Gasteiger partial charge on any atom is -0.462 e. The number of carbonyl (C=O) groups is 2. The Labute approximate surface area is 199 Å². The van der Waals surface area contributed by atoms with Gasteiger partial charge in [-0.15, -0.1) is 0 Å². The van der Waals surface area contributed by atoms with Crippen molar-refractivity contribution in [3.05, 3.63) is 91.3 Å². The molecule has 0 N–H and O–H groups in total. The van der Waals surface area contributed by atoms with Crippen molar-refractivity contribution in [2.24, 2.45) is 0 Å². The van der Waals surface area contributed by atoms with Crippen molar-refractivity contribution in [1.29, 1.82) is 0 Å². The molecule has 34 heavy (non-hydrogen) atoms. The molecule has 8 heteroatoms. The van der Waals surface area contributed by atoms with Crippen molar-refractivity contribution < 1.29 is 18.7 Å². The summed E-state index contributed by atoms with van der Waals surface area (Å²) in [5, 5.41) is 0.732. The van der Waals surface area contributed by atoms with Crippen LogP contribution < -0.4 is 10.3 Å². The zero-order chi connectivity index (χ0) is 24.1. The fourth-order valence-electron chi connectivity index (χ4n) is 4.22. The molecule has 4 aromatic rings. The number of rotatable bonds is 4. The zero-order valence-electron chi connectivity index (χ0n) is 19.2. The summed E-state index contributed by atoms with van der Waals surface area (Å²) in [5.41, 5.74) is 3.57. The number of hydrogen-bond acceptors (Lipinski definition) is 7. The molecule has 0 fully saturated rings. The third-order valence-electron chi connectivity index (χ3n) is 5.87. The molecule has 0 bridgehead atoms. The van der Waals surface area contributed by atoms with Crippen LogP contribution >= 0.6 is 11.3 Å². The lowest BCUT2D eigenvalue weighted by molar-refractivity contribution is 0.0531. The Morgan fingerprint density at radius 1 is 1.09 bits per heavy atom. The number of amides is 1. The molecule has 3 heterocycles. The minimum atomic E-state index is -0.732. The second kappa shape index (κ2) is 8.22. The number of aromatic nitrogens is 1. The average molecular weight is 475 g/mol. The Morgan fingerprint density at radius 2 is 1.79 bits per heavy atom. The van der Waals surface area contributed by atoms with Gasteiger partial charge < -0.3 is 9.15 Å². The smallest absolute Gasteiger partial charge is 0.350 e. The van der Waals surface area contributed by atoms with Crippen LogP contribution in [0.4, 0.5) is 5.13 Å². The molecule has 1 unspecified atom stereocenters. The molecule has 0 aliphatic carbocycles. The number of hydrogen-bond donors (Lipinski definition) is 0. The van der Waals surface area contributed by atoms with Crippen molar-refractivity contribution in [1.82, 2.24) is 4.98 Å². The Morgan fingerprint density at radius 3 is 2.50 bits per heavy atom. The van der Waals surface area contributed by atoms with E-state index in [1.165, 1.54) is 4.90 Å². The van der Waals surface area contributed by atoms with Crippen LogP contribution in [-0.2, 0) is 4.74 Å². The van der Waals surface area contributed by atoms with E-state index in [4.69, 9.17) is 9.15 Å². The maximum absolute atomic E-state index is 13.7. The van der Waals surface area contributed by atoms with Gasteiger partial charge in [0.05, 0.1) is 29.3 Å². The maximum Gasteiger partial charge on any atom is 0.350 e. The van der Waals surface area contributed by atoms with Crippen LogP contribution in [0.25, 0.3) is 11.0 Å². The SMILES string of the molecule is CCOC(=O)c1sc(N2C(=O)c3oc4ccc(C)cc4c(=O)c3C2c2ccc(C)cc2)nc1C. The van der Waals surface area contributed by atoms with Crippen LogP contribution in [0.2, 0.25) is 0 Å². The lowest BCUT2D eigenvalue weighted by atomic mass is 9.97. The van der Waals surface area contributed by atoms with E-state index in [0.717, 1.165) is 28.0 Å². The number of fused-ring (bicyclic) bond motifs is 2. The van der Waals surface area contributed by atoms with Gasteiger partial charge in [-0.2, -0.15) is 0 Å². The number of aryl methyl sites for hydroxylation is 3. The van der Waals surface area contributed by atoms with E-state index < -0.39 is 17.9 Å². The van der Waals surface area contributed by atoms with E-state index in [1.807, 2.05) is 44.2 Å². The molecule has 172 valence electrons. The van der Waals surface area contributed by atoms with E-state index in [9.17, 15) is 14.4 Å². The highest BCUT2D eigenvalue weighted by molar-refractivity contribution is 7.17. The summed E-state index contributed by atoms with van der Waals surface area (Å²) in [6, 6.07) is 12.2. The van der Waals surface area contributed by atoms with Gasteiger partial charge in [-0.25, -0.2) is 9.78 Å². The number of benzene rings is 2. The first-order chi connectivity index (χ1) is 16.3. The van der Waals surface area contributed by atoms with Crippen LogP contribution in [0.1, 0.15) is 61.1 Å². The predicted molar refractivity (Wildman–Crippen MR) is 130 cm³/mol. The van der Waals surface area contributed by atoms with Gasteiger partial charge >= 0.3 is 5.97 Å². The van der Waals surface area contributed by atoms with E-state index in [-0.39, 0.29) is 23.4 Å².